The number of nitrogens with one attached hydrogen (secondary N) is 2. The van der Waals surface area contributed by atoms with E-state index in [0.717, 1.165) is 18.4 Å². The molecule has 2 N–H and O–H groups in total. The molecule has 0 radical (unpaired) electrons. The number of hydrogen-bond acceptors (Lipinski definition) is 5. The topological polar surface area (TPSA) is 76.7 Å². The van der Waals surface area contributed by atoms with Gasteiger partial charge < -0.3 is 20.1 Å². The smallest absolute Gasteiger partial charge is 0.413 e. The van der Waals surface area contributed by atoms with E-state index in [-0.39, 0.29) is 0 Å². The van der Waals surface area contributed by atoms with Gasteiger partial charge in [-0.25, -0.2) is 9.59 Å². The monoisotopic (exact) mass is 354 g/mol. The molecule has 0 fully saturated rings. The molecule has 0 bridgehead atoms. The third-order valence-electron chi connectivity index (χ3n) is 3.10. The van der Waals surface area contributed by atoms with Gasteiger partial charge in [0, 0.05) is 0 Å². The predicted molar refractivity (Wildman–Crippen MR) is 96.4 cm³/mol. The van der Waals surface area contributed by atoms with Crippen LogP contribution in [0.1, 0.15) is 45.1 Å². The van der Waals surface area contributed by atoms with E-state index in [4.69, 9.17) is 9.47 Å². The van der Waals surface area contributed by atoms with Crippen LogP contribution in [-0.2, 0) is 4.74 Å². The highest BCUT2D eigenvalue weighted by Crippen LogP contribution is 2.20. The Hall–Kier alpha value is -1.89. The van der Waals surface area contributed by atoms with Crippen LogP contribution in [-0.4, -0.2) is 30.5 Å². The zero-order chi connectivity index (χ0) is 17.8. The number of rotatable bonds is 9. The lowest BCUT2D eigenvalue weighted by molar-refractivity contribution is 0.146. The third kappa shape index (κ3) is 8.67. The van der Waals surface area contributed by atoms with Crippen LogP contribution in [0.3, 0.4) is 0 Å². The Balaban J connectivity index is 2.16. The summed E-state index contributed by atoms with van der Waals surface area (Å²) >= 11 is 1.34. The highest BCUT2D eigenvalue weighted by Gasteiger charge is 2.06. The standard InChI is InChI=1S/C17H26N2O4S/c1-4-5-9-22-16(20)18-11-24-12-19-17(21)23-15-8-6-7-14(10-15)13(2)3/h6-8,10,13H,4-5,9,11-12H2,1-3H3,(H,18,20)(H,19,21). The van der Waals surface area contributed by atoms with Gasteiger partial charge in [0.2, 0.25) is 0 Å². The number of amides is 2. The number of ether oxygens (including phenoxy) is 2. The average molecular weight is 354 g/mol. The van der Waals surface area contributed by atoms with Crippen LogP contribution in [0.5, 0.6) is 5.75 Å². The van der Waals surface area contributed by atoms with Crippen LogP contribution in [0.2, 0.25) is 0 Å². The fourth-order valence-electron chi connectivity index (χ4n) is 1.71. The molecule has 0 heterocycles. The molecule has 0 saturated carbocycles. The van der Waals surface area contributed by atoms with E-state index < -0.39 is 12.2 Å². The molecular weight excluding hydrogens is 328 g/mol. The van der Waals surface area contributed by atoms with E-state index in [1.54, 1.807) is 6.07 Å². The molecule has 0 spiro atoms. The van der Waals surface area contributed by atoms with Crippen molar-refractivity contribution in [3.63, 3.8) is 0 Å². The maximum absolute atomic E-state index is 11.7. The van der Waals surface area contributed by atoms with Crippen molar-refractivity contribution < 1.29 is 19.1 Å². The largest absolute Gasteiger partial charge is 0.450 e. The zero-order valence-electron chi connectivity index (χ0n) is 14.5. The van der Waals surface area contributed by atoms with Crippen LogP contribution in [0.25, 0.3) is 0 Å². The molecule has 7 heteroatoms. The molecule has 0 aromatic heterocycles. The molecule has 2 amide bonds. The van der Waals surface area contributed by atoms with Crippen molar-refractivity contribution in [1.29, 1.82) is 0 Å². The summed E-state index contributed by atoms with van der Waals surface area (Å²) < 4.78 is 10.2. The van der Waals surface area contributed by atoms with Gasteiger partial charge in [-0.1, -0.05) is 39.3 Å². The van der Waals surface area contributed by atoms with Crippen molar-refractivity contribution in [2.24, 2.45) is 0 Å². The number of hydrogen-bond donors (Lipinski definition) is 2. The van der Waals surface area contributed by atoms with Gasteiger partial charge in [-0.15, -0.1) is 11.8 Å². The van der Waals surface area contributed by atoms with E-state index in [1.807, 2.05) is 25.1 Å². The first-order valence-corrected chi connectivity index (χ1v) is 9.22. The van der Waals surface area contributed by atoms with E-state index in [9.17, 15) is 9.59 Å². The summed E-state index contributed by atoms with van der Waals surface area (Å²) in [4.78, 5) is 23.0. The first-order valence-electron chi connectivity index (χ1n) is 8.07. The average Bonchev–Trinajstić information content (AvgIpc) is 2.55. The van der Waals surface area contributed by atoms with Gasteiger partial charge in [-0.3, -0.25) is 0 Å². The van der Waals surface area contributed by atoms with Gasteiger partial charge in [-0.05, 0) is 30.0 Å². The van der Waals surface area contributed by atoms with Gasteiger partial charge in [0.05, 0.1) is 18.4 Å². The van der Waals surface area contributed by atoms with Crippen molar-refractivity contribution in [3.8, 4) is 5.75 Å². The van der Waals surface area contributed by atoms with Crippen molar-refractivity contribution in [2.75, 3.05) is 18.4 Å². The highest BCUT2D eigenvalue weighted by molar-refractivity contribution is 7.99. The second-order valence-corrected chi connectivity index (χ2v) is 6.44. The third-order valence-corrected chi connectivity index (χ3v) is 3.80. The molecule has 0 saturated heterocycles. The summed E-state index contributed by atoms with van der Waals surface area (Å²) in [6.07, 6.45) is 0.873. The van der Waals surface area contributed by atoms with Gasteiger partial charge in [-0.2, -0.15) is 0 Å². The Kier molecular flexibility index (Phi) is 9.76. The minimum absolute atomic E-state index is 0.331. The SMILES string of the molecule is CCCCOC(=O)NCSCNC(=O)Oc1cccc(C(C)C)c1. The number of unbranched alkanes of at least 4 members (excludes halogenated alkanes) is 1. The lowest BCUT2D eigenvalue weighted by Crippen LogP contribution is -2.29. The van der Waals surface area contributed by atoms with Gasteiger partial charge in [0.15, 0.2) is 0 Å². The summed E-state index contributed by atoms with van der Waals surface area (Å²) in [5.74, 6) is 1.57. The Bertz CT molecular complexity index is 523. The van der Waals surface area contributed by atoms with Crippen molar-refractivity contribution in [1.82, 2.24) is 10.6 Å². The van der Waals surface area contributed by atoms with Crippen molar-refractivity contribution >= 4 is 23.9 Å². The van der Waals surface area contributed by atoms with Gasteiger partial charge in [0.25, 0.3) is 0 Å². The molecule has 0 aliphatic rings. The lowest BCUT2D eigenvalue weighted by atomic mass is 10.0. The fourth-order valence-corrected chi connectivity index (χ4v) is 2.25. The Morgan fingerprint density at radius 3 is 2.54 bits per heavy atom. The predicted octanol–water partition coefficient (Wildman–Crippen LogP) is 4.07. The zero-order valence-corrected chi connectivity index (χ0v) is 15.3. The highest BCUT2D eigenvalue weighted by atomic mass is 32.2. The molecule has 134 valence electrons. The molecule has 0 unspecified atom stereocenters. The molecule has 1 aromatic rings. The molecular formula is C17H26N2O4S. The van der Waals surface area contributed by atoms with Crippen molar-refractivity contribution in [3.05, 3.63) is 29.8 Å². The van der Waals surface area contributed by atoms with Crippen molar-refractivity contribution in [2.45, 2.75) is 39.5 Å². The first-order chi connectivity index (χ1) is 11.5. The molecule has 1 aromatic carbocycles. The quantitative estimate of drug-likeness (QED) is 0.516. The van der Waals surface area contributed by atoms with Gasteiger partial charge >= 0.3 is 12.2 Å². The maximum Gasteiger partial charge on any atom is 0.413 e. The van der Waals surface area contributed by atoms with Crippen LogP contribution in [0, 0.1) is 0 Å². The first kappa shape index (κ1) is 20.2. The van der Waals surface area contributed by atoms with Crippen LogP contribution < -0.4 is 15.4 Å². The normalized spacial score (nSPS) is 10.3. The summed E-state index contributed by atoms with van der Waals surface area (Å²) in [5, 5.41) is 5.21. The summed E-state index contributed by atoms with van der Waals surface area (Å²) in [6.45, 7) is 6.61. The Labute approximate surface area is 147 Å². The molecule has 1 rings (SSSR count). The summed E-state index contributed by atoms with van der Waals surface area (Å²) in [7, 11) is 0. The molecule has 0 aliphatic carbocycles. The maximum atomic E-state index is 11.7. The number of benzene rings is 1. The fraction of sp³-hybridized carbons (Fsp3) is 0.529. The van der Waals surface area contributed by atoms with Gasteiger partial charge in [0.1, 0.15) is 5.75 Å². The second kappa shape index (κ2) is 11.6. The minimum Gasteiger partial charge on any atom is -0.450 e. The number of thioether (sulfide) groups is 1. The Morgan fingerprint density at radius 1 is 1.17 bits per heavy atom. The molecule has 0 atom stereocenters. The number of carbonyl (C=O) groups is 2. The Morgan fingerprint density at radius 2 is 1.88 bits per heavy atom. The van der Waals surface area contributed by atoms with E-state index in [0.29, 0.717) is 30.0 Å². The lowest BCUT2D eigenvalue weighted by Gasteiger charge is -2.10. The number of alkyl carbamates (subject to hydrolysis) is 1. The summed E-state index contributed by atoms with van der Waals surface area (Å²) in [5.41, 5.74) is 1.11. The molecule has 24 heavy (non-hydrogen) atoms. The second-order valence-electron chi connectivity index (χ2n) is 5.45. The molecule has 0 aliphatic heterocycles. The van der Waals surface area contributed by atoms with Crippen LogP contribution in [0.15, 0.2) is 24.3 Å². The summed E-state index contributed by atoms with van der Waals surface area (Å²) in [6, 6.07) is 7.45. The molecule has 6 nitrogen and oxygen atoms in total. The van der Waals surface area contributed by atoms with E-state index >= 15 is 0 Å². The number of carbonyl (C=O) groups excluding carboxylic acids is 2. The van der Waals surface area contributed by atoms with Crippen LogP contribution >= 0.6 is 11.8 Å². The van der Waals surface area contributed by atoms with E-state index in [2.05, 4.69) is 24.5 Å². The van der Waals surface area contributed by atoms with Crippen LogP contribution in [0.4, 0.5) is 9.59 Å². The van der Waals surface area contributed by atoms with E-state index in [1.165, 1.54) is 11.8 Å². The minimum atomic E-state index is -0.520.